The quantitative estimate of drug-likeness (QED) is 0.0821. The van der Waals surface area contributed by atoms with Crippen molar-refractivity contribution in [3.63, 3.8) is 0 Å². The van der Waals surface area contributed by atoms with Crippen LogP contribution >= 0.6 is 0 Å². The Morgan fingerprint density at radius 2 is 1.74 bits per heavy atom. The molecule has 1 fully saturated rings. The largest absolute Gasteiger partial charge is 0.481 e. The summed E-state index contributed by atoms with van der Waals surface area (Å²) in [5, 5.41) is 16.7. The molecular weight excluding hydrogens is 684 g/mol. The predicted octanol–water partition coefficient (Wildman–Crippen LogP) is 3.40. The molecule has 4 amide bonds. The lowest BCUT2D eigenvalue weighted by molar-refractivity contribution is -0.138. The number of fused-ring (bicyclic) bond motifs is 1. The van der Waals surface area contributed by atoms with Gasteiger partial charge in [-0.05, 0) is 68.0 Å². The SMILES string of the molecule is COC(=O)NCC(=O)NCCCCc1nc2ccc(C#Cc3ccc(-c4cnc(C5CCCN5C(=O)C(CCC(=O)O)NC(=O)OC)[nH]4)cc3)cc2[nH]1. The van der Waals surface area contributed by atoms with Crippen LogP contribution in [-0.2, 0) is 30.3 Å². The maximum Gasteiger partial charge on any atom is 0.407 e. The molecule has 0 aliphatic carbocycles. The third-order valence-electron chi connectivity index (χ3n) is 8.69. The number of amides is 4. The van der Waals surface area contributed by atoms with Crippen LogP contribution in [-0.4, -0.2) is 99.8 Å². The second kappa shape index (κ2) is 18.2. The van der Waals surface area contributed by atoms with Gasteiger partial charge in [0.05, 0.1) is 49.7 Å². The average Bonchev–Trinajstić information content (AvgIpc) is 3.94. The number of nitrogens with zero attached hydrogens (tertiary/aromatic N) is 3. The molecule has 16 nitrogen and oxygen atoms in total. The van der Waals surface area contributed by atoms with Gasteiger partial charge in [-0.1, -0.05) is 24.0 Å². The van der Waals surface area contributed by atoms with Crippen LogP contribution in [0, 0.1) is 11.8 Å². The number of carbonyl (C=O) groups is 5. The Balaban J connectivity index is 1.15. The zero-order valence-electron chi connectivity index (χ0n) is 29.5. The number of hydrogen-bond acceptors (Lipinski definition) is 9. The van der Waals surface area contributed by atoms with E-state index >= 15 is 0 Å². The number of unbranched alkanes of at least 4 members (excludes halogenated alkanes) is 1. The summed E-state index contributed by atoms with van der Waals surface area (Å²) in [7, 11) is 2.42. The van der Waals surface area contributed by atoms with E-state index in [0.29, 0.717) is 25.3 Å². The van der Waals surface area contributed by atoms with Crippen molar-refractivity contribution in [3.8, 4) is 23.1 Å². The molecule has 5 rings (SSSR count). The number of aromatic nitrogens is 4. The van der Waals surface area contributed by atoms with Crippen molar-refractivity contribution in [2.24, 2.45) is 0 Å². The Morgan fingerprint density at radius 1 is 0.981 bits per heavy atom. The van der Waals surface area contributed by atoms with E-state index in [0.717, 1.165) is 64.9 Å². The van der Waals surface area contributed by atoms with Gasteiger partial charge < -0.3 is 45.4 Å². The van der Waals surface area contributed by atoms with Crippen LogP contribution in [0.5, 0.6) is 0 Å². The number of nitrogens with one attached hydrogen (secondary N) is 5. The molecule has 6 N–H and O–H groups in total. The maximum atomic E-state index is 13.4. The highest BCUT2D eigenvalue weighted by Gasteiger charge is 2.36. The number of carboxylic acids is 1. The summed E-state index contributed by atoms with van der Waals surface area (Å²) in [6.07, 6.45) is 3.63. The Labute approximate surface area is 305 Å². The topological polar surface area (TPSA) is 221 Å². The number of aliphatic carboxylic acids is 1. The summed E-state index contributed by atoms with van der Waals surface area (Å²) in [5.41, 5.74) is 5.05. The van der Waals surface area contributed by atoms with Gasteiger partial charge in [0.1, 0.15) is 17.7 Å². The van der Waals surface area contributed by atoms with Gasteiger partial charge in [0.25, 0.3) is 0 Å². The molecule has 2 aromatic carbocycles. The second-order valence-electron chi connectivity index (χ2n) is 12.4. The van der Waals surface area contributed by atoms with Crippen molar-refractivity contribution in [2.45, 2.75) is 57.0 Å². The number of H-pyrrole nitrogens is 2. The summed E-state index contributed by atoms with van der Waals surface area (Å²) < 4.78 is 9.08. The predicted molar refractivity (Wildman–Crippen MR) is 192 cm³/mol. The number of carboxylic acid groups (broad SMARTS) is 1. The van der Waals surface area contributed by atoms with E-state index in [1.165, 1.54) is 14.2 Å². The molecule has 4 aromatic rings. The highest BCUT2D eigenvalue weighted by atomic mass is 16.5. The minimum Gasteiger partial charge on any atom is -0.481 e. The first-order valence-corrected chi connectivity index (χ1v) is 17.2. The fourth-order valence-electron chi connectivity index (χ4n) is 5.96. The van der Waals surface area contributed by atoms with E-state index in [4.69, 9.17) is 5.11 Å². The number of aromatic amines is 2. The number of likely N-dealkylation sites (tertiary alicyclic amines) is 1. The van der Waals surface area contributed by atoms with E-state index in [1.807, 2.05) is 42.5 Å². The molecule has 0 radical (unpaired) electrons. The molecule has 1 aliphatic heterocycles. The molecule has 0 bridgehead atoms. The molecular formula is C37H42N8O8. The Bertz CT molecular complexity index is 1990. The molecule has 1 aliphatic rings. The van der Waals surface area contributed by atoms with Gasteiger partial charge in [-0.2, -0.15) is 0 Å². The van der Waals surface area contributed by atoms with Gasteiger partial charge >= 0.3 is 18.2 Å². The van der Waals surface area contributed by atoms with Crippen LogP contribution < -0.4 is 16.0 Å². The van der Waals surface area contributed by atoms with Gasteiger partial charge in [0.2, 0.25) is 11.8 Å². The van der Waals surface area contributed by atoms with E-state index in [1.54, 1.807) is 11.1 Å². The van der Waals surface area contributed by atoms with Crippen LogP contribution in [0.1, 0.15) is 67.3 Å². The summed E-state index contributed by atoms with van der Waals surface area (Å²) >= 11 is 0. The summed E-state index contributed by atoms with van der Waals surface area (Å²) in [5.74, 6) is 6.16. The lowest BCUT2D eigenvalue weighted by atomic mass is 10.1. The standard InChI is InChI=1S/C37H42N8O8/c1-52-36(50)40-22-32(46)38-18-4-3-7-31-41-26-15-12-24(20-28(26)42-31)9-8-23-10-13-25(14-11-23)29-21-39-34(43-29)30-6-5-19-45(30)35(49)27(16-17-33(47)48)44-37(51)53-2/h10-15,20-21,27,30H,3-7,16-19,22H2,1-2H3,(H,38,46)(H,39,43)(H,40,50)(H,41,42)(H,44,51)(H,47,48). The van der Waals surface area contributed by atoms with Gasteiger partial charge in [-0.15, -0.1) is 0 Å². The first kappa shape index (κ1) is 37.9. The van der Waals surface area contributed by atoms with Gasteiger partial charge in [-0.25, -0.2) is 19.6 Å². The number of methoxy groups -OCH3 is 2. The zero-order valence-corrected chi connectivity index (χ0v) is 29.5. The normalized spacial score (nSPS) is 14.2. The molecule has 0 saturated carbocycles. The van der Waals surface area contributed by atoms with Crippen LogP contribution in [0.4, 0.5) is 9.59 Å². The molecule has 2 unspecified atom stereocenters. The average molecular weight is 727 g/mol. The highest BCUT2D eigenvalue weighted by Crippen LogP contribution is 2.32. The second-order valence-corrected chi connectivity index (χ2v) is 12.4. The Kier molecular flexibility index (Phi) is 13.0. The first-order chi connectivity index (χ1) is 25.6. The number of carbonyl (C=O) groups excluding carboxylic acids is 4. The fraction of sp³-hybridized carbons (Fsp3) is 0.378. The smallest absolute Gasteiger partial charge is 0.407 e. The zero-order chi connectivity index (χ0) is 37.7. The van der Waals surface area contributed by atoms with E-state index < -0.39 is 24.2 Å². The number of imidazole rings is 2. The van der Waals surface area contributed by atoms with Crippen LogP contribution in [0.2, 0.25) is 0 Å². The molecule has 278 valence electrons. The third kappa shape index (κ3) is 10.6. The maximum absolute atomic E-state index is 13.4. The number of hydrogen-bond donors (Lipinski definition) is 6. The summed E-state index contributed by atoms with van der Waals surface area (Å²) in [4.78, 5) is 76.8. The summed E-state index contributed by atoms with van der Waals surface area (Å²) in [6, 6.07) is 12.2. The molecule has 53 heavy (non-hydrogen) atoms. The number of rotatable bonds is 14. The van der Waals surface area contributed by atoms with Gasteiger partial charge in [0.15, 0.2) is 0 Å². The van der Waals surface area contributed by atoms with Crippen molar-refractivity contribution in [1.82, 2.24) is 40.8 Å². The lowest BCUT2D eigenvalue weighted by Gasteiger charge is -2.28. The van der Waals surface area contributed by atoms with Crippen molar-refractivity contribution in [3.05, 3.63) is 71.4 Å². The minimum absolute atomic E-state index is 0.0591. The van der Waals surface area contributed by atoms with Crippen molar-refractivity contribution in [2.75, 3.05) is 33.9 Å². The van der Waals surface area contributed by atoms with E-state index in [-0.39, 0.29) is 37.2 Å². The molecule has 2 aromatic heterocycles. The summed E-state index contributed by atoms with van der Waals surface area (Å²) in [6.45, 7) is 0.814. The van der Waals surface area contributed by atoms with Crippen LogP contribution in [0.3, 0.4) is 0 Å². The minimum atomic E-state index is -1.06. The molecule has 16 heteroatoms. The molecule has 1 saturated heterocycles. The highest BCUT2D eigenvalue weighted by molar-refractivity contribution is 5.87. The van der Waals surface area contributed by atoms with Gasteiger partial charge in [0, 0.05) is 37.1 Å². The molecule has 3 heterocycles. The number of alkyl carbamates (subject to hydrolysis) is 2. The fourth-order valence-corrected chi connectivity index (χ4v) is 5.96. The van der Waals surface area contributed by atoms with Crippen molar-refractivity contribution in [1.29, 1.82) is 0 Å². The van der Waals surface area contributed by atoms with Crippen molar-refractivity contribution >= 4 is 41.0 Å². The number of ether oxygens (including phenoxy) is 2. The van der Waals surface area contributed by atoms with Gasteiger partial charge in [-0.3, -0.25) is 14.4 Å². The van der Waals surface area contributed by atoms with E-state index in [2.05, 4.69) is 57.2 Å². The molecule has 2 atom stereocenters. The van der Waals surface area contributed by atoms with Crippen LogP contribution in [0.25, 0.3) is 22.3 Å². The lowest BCUT2D eigenvalue weighted by Crippen LogP contribution is -2.48. The monoisotopic (exact) mass is 726 g/mol. The Morgan fingerprint density at radius 3 is 2.49 bits per heavy atom. The number of aryl methyl sites for hydroxylation is 1. The Hall–Kier alpha value is -6.37. The molecule has 0 spiro atoms. The van der Waals surface area contributed by atoms with E-state index in [9.17, 15) is 24.0 Å². The first-order valence-electron chi connectivity index (χ1n) is 17.2. The number of benzene rings is 2. The van der Waals surface area contributed by atoms with Crippen molar-refractivity contribution < 1.29 is 38.6 Å². The third-order valence-corrected chi connectivity index (χ3v) is 8.69. The van der Waals surface area contributed by atoms with Crippen LogP contribution in [0.15, 0.2) is 48.7 Å².